The highest BCUT2D eigenvalue weighted by atomic mass is 19.4. The minimum Gasteiger partial charge on any atom is -0.379 e. The van der Waals surface area contributed by atoms with Crippen molar-refractivity contribution in [3.63, 3.8) is 0 Å². The number of alkyl halides is 3. The van der Waals surface area contributed by atoms with Gasteiger partial charge in [0.1, 0.15) is 5.82 Å². The summed E-state index contributed by atoms with van der Waals surface area (Å²) in [5.74, 6) is -0.358. The van der Waals surface area contributed by atoms with Crippen LogP contribution in [0.2, 0.25) is 0 Å². The summed E-state index contributed by atoms with van der Waals surface area (Å²) in [7, 11) is 3.46. The molecule has 3 aliphatic carbocycles. The highest BCUT2D eigenvalue weighted by Gasteiger charge is 2.51. The molecule has 4 saturated heterocycles. The predicted molar refractivity (Wildman–Crippen MR) is 275 cm³/mol. The normalized spacial score (nSPS) is 29.8. The lowest BCUT2D eigenvalue weighted by atomic mass is 9.65. The van der Waals surface area contributed by atoms with Crippen LogP contribution < -0.4 is 20.9 Å². The first-order valence-electron chi connectivity index (χ1n) is 28.0. The van der Waals surface area contributed by atoms with Crippen LogP contribution in [-0.2, 0) is 46.0 Å². The number of halogens is 3. The molecule has 3 saturated carbocycles. The van der Waals surface area contributed by atoms with E-state index in [0.29, 0.717) is 78.2 Å². The second kappa shape index (κ2) is 23.4. The molecule has 412 valence electrons. The molecule has 4 aliphatic heterocycles. The topological polar surface area (TPSA) is 179 Å². The van der Waals surface area contributed by atoms with Gasteiger partial charge in [-0.15, -0.1) is 0 Å². The number of likely N-dealkylation sites (tertiary alicyclic amines) is 2. The van der Waals surface area contributed by atoms with E-state index in [9.17, 15) is 37.1 Å². The van der Waals surface area contributed by atoms with Crippen molar-refractivity contribution in [1.82, 2.24) is 40.6 Å². The van der Waals surface area contributed by atoms with Crippen molar-refractivity contribution in [3.8, 4) is 0 Å². The Morgan fingerprint density at radius 3 is 2.25 bits per heavy atom. The van der Waals surface area contributed by atoms with Crippen LogP contribution in [0.1, 0.15) is 133 Å². The molecule has 19 heteroatoms. The molecule has 6 atom stereocenters. The zero-order chi connectivity index (χ0) is 53.1. The molecule has 0 unspecified atom stereocenters. The molecule has 2 aromatic rings. The van der Waals surface area contributed by atoms with E-state index in [1.54, 1.807) is 31.5 Å². The van der Waals surface area contributed by atoms with Gasteiger partial charge in [0.2, 0.25) is 29.5 Å². The molecule has 0 aromatic carbocycles. The maximum Gasteiger partial charge on any atom is 0.416 e. The Balaban J connectivity index is 0.693. The first-order valence-corrected chi connectivity index (χ1v) is 28.0. The van der Waals surface area contributed by atoms with Crippen molar-refractivity contribution in [2.45, 2.75) is 153 Å². The number of pyridine rings is 2. The van der Waals surface area contributed by atoms with Gasteiger partial charge < -0.3 is 45.0 Å². The van der Waals surface area contributed by atoms with Crippen molar-refractivity contribution < 1.29 is 46.6 Å². The Bertz CT molecular complexity index is 2330. The fourth-order valence-electron chi connectivity index (χ4n) is 13.9. The Hall–Kier alpha value is -4.88. The van der Waals surface area contributed by atoms with Gasteiger partial charge in [0, 0.05) is 127 Å². The molecule has 7 fully saturated rings. The zero-order valence-electron chi connectivity index (χ0n) is 44.5. The summed E-state index contributed by atoms with van der Waals surface area (Å²) in [6.07, 6.45) is 10.2. The number of carbonyl (C=O) groups is 5. The summed E-state index contributed by atoms with van der Waals surface area (Å²) in [6, 6.07) is 5.92. The fourth-order valence-corrected chi connectivity index (χ4v) is 13.9. The van der Waals surface area contributed by atoms with Crippen molar-refractivity contribution in [3.05, 3.63) is 53.5 Å². The summed E-state index contributed by atoms with van der Waals surface area (Å²) in [5, 5.41) is 10.0. The minimum absolute atomic E-state index is 0.0167. The summed E-state index contributed by atoms with van der Waals surface area (Å²) >= 11 is 0. The Morgan fingerprint density at radius 2 is 1.59 bits per heavy atom. The summed E-state index contributed by atoms with van der Waals surface area (Å²) in [4.78, 5) is 84.1. The number of nitrogens with zero attached hydrogens (tertiary/aromatic N) is 6. The summed E-state index contributed by atoms with van der Waals surface area (Å²) < 4.78 is 54.1. The highest BCUT2D eigenvalue weighted by Crippen LogP contribution is 2.49. The molecule has 16 nitrogen and oxygen atoms in total. The van der Waals surface area contributed by atoms with Crippen LogP contribution in [0, 0.1) is 34.5 Å². The van der Waals surface area contributed by atoms with Gasteiger partial charge >= 0.3 is 6.18 Å². The van der Waals surface area contributed by atoms with Crippen LogP contribution in [0.3, 0.4) is 0 Å². The van der Waals surface area contributed by atoms with E-state index < -0.39 is 23.1 Å². The van der Waals surface area contributed by atoms with Crippen molar-refractivity contribution in [2.24, 2.45) is 34.5 Å². The lowest BCUT2D eigenvalue weighted by Crippen LogP contribution is -2.55. The summed E-state index contributed by atoms with van der Waals surface area (Å²) in [5.41, 5.74) is -0.0869. The largest absolute Gasteiger partial charge is 0.416 e. The van der Waals surface area contributed by atoms with Gasteiger partial charge in [-0.2, -0.15) is 13.2 Å². The van der Waals surface area contributed by atoms with Crippen molar-refractivity contribution in [2.75, 3.05) is 78.1 Å². The third-order valence-corrected chi connectivity index (χ3v) is 18.8. The molecule has 0 radical (unpaired) electrons. The second-order valence-corrected chi connectivity index (χ2v) is 23.4. The molecular weight excluding hydrogens is 968 g/mol. The van der Waals surface area contributed by atoms with Gasteiger partial charge in [-0.05, 0) is 125 Å². The van der Waals surface area contributed by atoms with Crippen LogP contribution in [0.4, 0.5) is 19.0 Å². The van der Waals surface area contributed by atoms with Gasteiger partial charge in [-0.3, -0.25) is 29.0 Å². The first-order chi connectivity index (χ1) is 36.0. The van der Waals surface area contributed by atoms with E-state index in [1.165, 1.54) is 0 Å². The zero-order valence-corrected chi connectivity index (χ0v) is 44.5. The van der Waals surface area contributed by atoms with E-state index in [2.05, 4.69) is 39.8 Å². The van der Waals surface area contributed by atoms with Crippen molar-refractivity contribution >= 4 is 35.4 Å². The fraction of sp³-hybridized carbons (Fsp3) is 0.732. The van der Waals surface area contributed by atoms with Gasteiger partial charge in [0.05, 0.1) is 35.6 Å². The molecular formula is C56H80F3N9O7. The first kappa shape index (κ1) is 54.9. The third-order valence-electron chi connectivity index (χ3n) is 18.8. The van der Waals surface area contributed by atoms with E-state index in [4.69, 9.17) is 9.47 Å². The summed E-state index contributed by atoms with van der Waals surface area (Å²) in [6.45, 7) is 8.38. The number of aromatic nitrogens is 2. The van der Waals surface area contributed by atoms with Crippen LogP contribution in [0.5, 0.6) is 0 Å². The number of ether oxygens (including phenoxy) is 2. The van der Waals surface area contributed by atoms with Crippen LogP contribution >= 0.6 is 0 Å². The van der Waals surface area contributed by atoms with Gasteiger partial charge in [-0.1, -0.05) is 19.9 Å². The molecule has 2 aromatic heterocycles. The molecule has 0 bridgehead atoms. The van der Waals surface area contributed by atoms with Gasteiger partial charge in [0.15, 0.2) is 0 Å². The molecule has 3 N–H and O–H groups in total. The average molecular weight is 1050 g/mol. The monoisotopic (exact) mass is 1050 g/mol. The van der Waals surface area contributed by atoms with Gasteiger partial charge in [-0.25, -0.2) is 4.98 Å². The quantitative estimate of drug-likeness (QED) is 0.200. The maximum atomic E-state index is 14.3. The standard InChI is InChI=1S/C56H80F3N9O7/c1-36(2)55(18-13-43(33-55)62-45-15-29-75-35-46(45)74-4)53(73)68-27-25-66(26-28-68)47-31-40(56(57,58)59)30-42(63-47)14-22-61-50(70)37-7-9-41(10-8-37)64-51(71)38-11-16-54(17-12-38)19-23-67(24-20-54)52(72)44-32-48(69)65(3)49(44)39-6-5-21-60-34-39/h5-6,21,30-31,34,36-38,41,43-46,49,62H,7-20,22-29,32-33,35H2,1-4H3,(H,61,70)(H,64,71)/t37?,41?,43-,44+,45+,46-,49-,55+/m1/s1. The SMILES string of the molecule is CO[C@@H]1COCC[C@@H]1N[C@@H]1CC[C@@](C(=O)N2CCN(c3cc(C(F)(F)F)cc(CCNC(=O)C4CCC(NC(=O)C5CCC6(CC5)CCN(C(=O)[C@H]5CC(=O)N(C)[C@@H]5c5cccnc5)CC6)CC4)n3)CC2)(C(C)C)C1. The Labute approximate surface area is 440 Å². The van der Waals surface area contributed by atoms with Crippen LogP contribution in [0.15, 0.2) is 36.7 Å². The molecule has 6 heterocycles. The number of nitrogens with one attached hydrogen (secondary N) is 3. The van der Waals surface area contributed by atoms with Crippen molar-refractivity contribution in [1.29, 1.82) is 0 Å². The predicted octanol–water partition coefficient (Wildman–Crippen LogP) is 6.08. The van der Waals surface area contributed by atoms with E-state index in [0.717, 1.165) is 81.9 Å². The van der Waals surface area contributed by atoms with Crippen LogP contribution in [0.25, 0.3) is 0 Å². The smallest absolute Gasteiger partial charge is 0.379 e. The number of piperazine rings is 1. The second-order valence-electron chi connectivity index (χ2n) is 23.4. The van der Waals surface area contributed by atoms with E-state index in [-0.39, 0.29) is 114 Å². The van der Waals surface area contributed by atoms with Gasteiger partial charge in [0.25, 0.3) is 0 Å². The Kier molecular flexibility index (Phi) is 17.1. The number of methoxy groups -OCH3 is 1. The number of rotatable bonds is 14. The lowest BCUT2D eigenvalue weighted by Gasteiger charge is -2.46. The number of hydrogen-bond acceptors (Lipinski definition) is 11. The van der Waals surface area contributed by atoms with Crippen LogP contribution in [-0.4, -0.2) is 152 Å². The maximum absolute atomic E-state index is 14.3. The number of piperidine rings is 1. The number of carbonyl (C=O) groups excluding carboxylic acids is 5. The minimum atomic E-state index is -4.59. The lowest BCUT2D eigenvalue weighted by molar-refractivity contribution is -0.145. The molecule has 1 spiro atoms. The molecule has 7 aliphatic rings. The Morgan fingerprint density at radius 1 is 0.867 bits per heavy atom. The van der Waals surface area contributed by atoms with E-state index in [1.807, 2.05) is 26.8 Å². The number of anilines is 1. The molecule has 5 amide bonds. The molecule has 9 rings (SSSR count). The highest BCUT2D eigenvalue weighted by molar-refractivity contribution is 5.90. The third kappa shape index (κ3) is 12.3. The van der Waals surface area contributed by atoms with E-state index >= 15 is 0 Å². The number of hydrogen-bond donors (Lipinski definition) is 3. The average Bonchev–Trinajstić information content (AvgIpc) is 3.99. The molecule has 75 heavy (non-hydrogen) atoms. The number of amides is 5.